The first-order chi connectivity index (χ1) is 8.63. The van der Waals surface area contributed by atoms with Crippen LogP contribution in [0.3, 0.4) is 0 Å². The minimum Gasteiger partial charge on any atom is -0.463 e. The molecule has 1 atom stereocenters. The lowest BCUT2D eigenvalue weighted by molar-refractivity contribution is 0.00623. The Morgan fingerprint density at radius 2 is 2.17 bits per heavy atom. The van der Waals surface area contributed by atoms with Crippen molar-refractivity contribution in [2.24, 2.45) is 5.41 Å². The quantitative estimate of drug-likeness (QED) is 0.836. The number of ether oxygens (including phenoxy) is 1. The number of furan rings is 1. The fourth-order valence-corrected chi connectivity index (χ4v) is 2.91. The van der Waals surface area contributed by atoms with Crippen LogP contribution in [0.5, 0.6) is 0 Å². The van der Waals surface area contributed by atoms with Gasteiger partial charge in [0.2, 0.25) is 5.76 Å². The Labute approximate surface area is 107 Å². The molecule has 4 nitrogen and oxygen atoms in total. The van der Waals surface area contributed by atoms with E-state index in [-0.39, 0.29) is 11.2 Å². The molecular weight excluding hydrogens is 232 g/mol. The lowest BCUT2D eigenvalue weighted by Gasteiger charge is -2.31. The zero-order chi connectivity index (χ0) is 13.2. The highest BCUT2D eigenvalue weighted by Crippen LogP contribution is 2.50. The minimum atomic E-state index is -0.636. The summed E-state index contributed by atoms with van der Waals surface area (Å²) in [6, 6.07) is 3.23. The van der Waals surface area contributed by atoms with E-state index in [1.807, 2.05) is 0 Å². The van der Waals surface area contributed by atoms with Crippen LogP contribution in [0.4, 0.5) is 0 Å². The van der Waals surface area contributed by atoms with E-state index in [1.54, 1.807) is 12.1 Å². The predicted octanol–water partition coefficient (Wildman–Crippen LogP) is 3.07. The van der Waals surface area contributed by atoms with E-state index in [9.17, 15) is 9.90 Å². The van der Waals surface area contributed by atoms with Gasteiger partial charge >= 0.3 is 5.97 Å². The van der Waals surface area contributed by atoms with E-state index in [4.69, 9.17) is 4.42 Å². The van der Waals surface area contributed by atoms with Gasteiger partial charge in [-0.25, -0.2) is 4.79 Å². The maximum absolute atomic E-state index is 11.3. The molecule has 1 N–H and O–H groups in total. The van der Waals surface area contributed by atoms with Gasteiger partial charge in [0.15, 0.2) is 0 Å². The average molecular weight is 252 g/mol. The van der Waals surface area contributed by atoms with Crippen molar-refractivity contribution >= 4 is 5.97 Å². The fraction of sp³-hybridized carbons (Fsp3) is 0.643. The second-order valence-corrected chi connectivity index (χ2v) is 5.02. The van der Waals surface area contributed by atoms with Crippen LogP contribution in [-0.4, -0.2) is 18.2 Å². The van der Waals surface area contributed by atoms with Crippen molar-refractivity contribution in [3.05, 3.63) is 23.7 Å². The fourth-order valence-electron chi connectivity index (χ4n) is 2.91. The van der Waals surface area contributed by atoms with Gasteiger partial charge in [0.05, 0.1) is 7.11 Å². The normalized spacial score (nSPS) is 19.7. The Balaban J connectivity index is 2.20. The molecule has 1 fully saturated rings. The van der Waals surface area contributed by atoms with E-state index < -0.39 is 12.1 Å². The van der Waals surface area contributed by atoms with Crippen LogP contribution in [0, 0.1) is 5.41 Å². The largest absolute Gasteiger partial charge is 0.463 e. The second-order valence-electron chi connectivity index (χ2n) is 5.02. The highest BCUT2D eigenvalue weighted by molar-refractivity contribution is 5.86. The number of rotatable bonds is 4. The van der Waals surface area contributed by atoms with Crippen LogP contribution in [0.2, 0.25) is 0 Å². The molecule has 18 heavy (non-hydrogen) atoms. The predicted molar refractivity (Wildman–Crippen MR) is 66.2 cm³/mol. The van der Waals surface area contributed by atoms with Crippen molar-refractivity contribution in [2.45, 2.75) is 45.1 Å². The summed E-state index contributed by atoms with van der Waals surface area (Å²) in [6.45, 7) is 2.10. The number of aliphatic hydroxyl groups excluding tert-OH is 1. The SMILES string of the molecule is CCC1(C(O)c2ccc(C(=O)OC)o2)CCCC1. The summed E-state index contributed by atoms with van der Waals surface area (Å²) in [7, 11) is 1.31. The average Bonchev–Trinajstić information content (AvgIpc) is 3.06. The molecular formula is C14H20O4. The topological polar surface area (TPSA) is 59.7 Å². The molecule has 1 aromatic rings. The Morgan fingerprint density at radius 1 is 1.50 bits per heavy atom. The standard InChI is InChI=1S/C14H20O4/c1-3-14(8-4-5-9-14)12(15)10-6-7-11(18-10)13(16)17-2/h6-7,12,15H,3-5,8-9H2,1-2H3. The maximum atomic E-state index is 11.3. The number of carbonyl (C=O) groups excluding carboxylic acids is 1. The number of esters is 1. The maximum Gasteiger partial charge on any atom is 0.373 e. The van der Waals surface area contributed by atoms with Gasteiger partial charge in [-0.1, -0.05) is 19.8 Å². The van der Waals surface area contributed by atoms with E-state index in [2.05, 4.69) is 11.7 Å². The van der Waals surface area contributed by atoms with Crippen LogP contribution in [-0.2, 0) is 4.74 Å². The van der Waals surface area contributed by atoms with Crippen molar-refractivity contribution in [1.29, 1.82) is 0 Å². The van der Waals surface area contributed by atoms with Gasteiger partial charge in [-0.2, -0.15) is 0 Å². The van der Waals surface area contributed by atoms with Gasteiger partial charge in [-0.05, 0) is 31.4 Å². The molecule has 1 unspecified atom stereocenters. The van der Waals surface area contributed by atoms with Crippen molar-refractivity contribution in [3.8, 4) is 0 Å². The number of hydrogen-bond donors (Lipinski definition) is 1. The first-order valence-electron chi connectivity index (χ1n) is 6.49. The number of methoxy groups -OCH3 is 1. The summed E-state index contributed by atoms with van der Waals surface area (Å²) in [4.78, 5) is 11.3. The molecule has 1 aromatic heterocycles. The Hall–Kier alpha value is -1.29. The molecule has 0 spiro atoms. The molecule has 1 heterocycles. The third-order valence-corrected chi connectivity index (χ3v) is 4.17. The van der Waals surface area contributed by atoms with Gasteiger partial charge in [0.1, 0.15) is 11.9 Å². The van der Waals surface area contributed by atoms with E-state index >= 15 is 0 Å². The van der Waals surface area contributed by atoms with Crippen molar-refractivity contribution in [1.82, 2.24) is 0 Å². The van der Waals surface area contributed by atoms with E-state index in [1.165, 1.54) is 7.11 Å². The van der Waals surface area contributed by atoms with Gasteiger partial charge in [0.25, 0.3) is 0 Å². The molecule has 0 radical (unpaired) electrons. The number of aliphatic hydroxyl groups is 1. The highest BCUT2D eigenvalue weighted by atomic mass is 16.5. The Kier molecular flexibility index (Phi) is 3.76. The molecule has 0 amide bonds. The molecule has 0 aliphatic heterocycles. The second kappa shape index (κ2) is 5.14. The van der Waals surface area contributed by atoms with Crippen LogP contribution in [0.1, 0.15) is 61.4 Å². The van der Waals surface area contributed by atoms with Crippen LogP contribution >= 0.6 is 0 Å². The third kappa shape index (κ3) is 2.17. The first-order valence-corrected chi connectivity index (χ1v) is 6.49. The summed E-state index contributed by atoms with van der Waals surface area (Å²) < 4.78 is 10.0. The van der Waals surface area contributed by atoms with E-state index in [0.29, 0.717) is 5.76 Å². The van der Waals surface area contributed by atoms with Gasteiger partial charge in [-0.3, -0.25) is 0 Å². The first kappa shape index (κ1) is 13.1. The molecule has 1 aliphatic carbocycles. The lowest BCUT2D eigenvalue weighted by Crippen LogP contribution is -2.24. The van der Waals surface area contributed by atoms with E-state index in [0.717, 1.165) is 32.1 Å². The molecule has 1 aliphatic rings. The zero-order valence-electron chi connectivity index (χ0n) is 10.9. The van der Waals surface area contributed by atoms with Crippen molar-refractivity contribution < 1.29 is 19.1 Å². The van der Waals surface area contributed by atoms with Gasteiger partial charge in [0, 0.05) is 5.41 Å². The van der Waals surface area contributed by atoms with Crippen molar-refractivity contribution in [3.63, 3.8) is 0 Å². The minimum absolute atomic E-state index is 0.0920. The highest BCUT2D eigenvalue weighted by Gasteiger charge is 2.41. The summed E-state index contributed by atoms with van der Waals surface area (Å²) in [5, 5.41) is 10.5. The number of carbonyl (C=O) groups is 1. The van der Waals surface area contributed by atoms with Gasteiger partial charge < -0.3 is 14.3 Å². The molecule has 0 bridgehead atoms. The third-order valence-electron chi connectivity index (χ3n) is 4.17. The molecule has 0 saturated heterocycles. The monoisotopic (exact) mass is 252 g/mol. The van der Waals surface area contributed by atoms with Crippen LogP contribution < -0.4 is 0 Å². The summed E-state index contributed by atoms with van der Waals surface area (Å²) in [5.41, 5.74) is -0.0920. The molecule has 4 heteroatoms. The number of hydrogen-bond acceptors (Lipinski definition) is 4. The zero-order valence-corrected chi connectivity index (χ0v) is 10.9. The molecule has 2 rings (SSSR count). The molecule has 0 aromatic carbocycles. The van der Waals surface area contributed by atoms with Crippen LogP contribution in [0.15, 0.2) is 16.5 Å². The molecule has 1 saturated carbocycles. The van der Waals surface area contributed by atoms with Gasteiger partial charge in [-0.15, -0.1) is 0 Å². The van der Waals surface area contributed by atoms with Crippen molar-refractivity contribution in [2.75, 3.05) is 7.11 Å². The summed E-state index contributed by atoms with van der Waals surface area (Å²) in [6.07, 6.45) is 4.61. The van der Waals surface area contributed by atoms with Crippen LogP contribution in [0.25, 0.3) is 0 Å². The summed E-state index contributed by atoms with van der Waals surface area (Å²) in [5.74, 6) is 0.111. The summed E-state index contributed by atoms with van der Waals surface area (Å²) >= 11 is 0. The lowest BCUT2D eigenvalue weighted by atomic mass is 9.77. The Bertz CT molecular complexity index is 415. The molecule has 100 valence electrons. The smallest absolute Gasteiger partial charge is 0.373 e. The Morgan fingerprint density at radius 3 is 2.72 bits per heavy atom.